The molecule has 1 saturated carbocycles. The van der Waals surface area contributed by atoms with Gasteiger partial charge in [-0.05, 0) is 37.5 Å². The van der Waals surface area contributed by atoms with Crippen LogP contribution >= 0.6 is 31.9 Å². The molecule has 0 heterocycles. The Bertz CT molecular complexity index is 384. The van der Waals surface area contributed by atoms with Gasteiger partial charge in [0.2, 0.25) is 0 Å². The van der Waals surface area contributed by atoms with Crippen molar-refractivity contribution >= 4 is 31.9 Å². The zero-order valence-electron chi connectivity index (χ0n) is 10.1. The first-order valence-electron chi connectivity index (χ1n) is 6.10. The van der Waals surface area contributed by atoms with Crippen molar-refractivity contribution in [3.8, 4) is 5.75 Å². The number of halogens is 2. The number of benzene rings is 1. The minimum absolute atomic E-state index is 0.356. The van der Waals surface area contributed by atoms with Gasteiger partial charge < -0.3 is 4.74 Å². The lowest BCUT2D eigenvalue weighted by Gasteiger charge is -2.26. The Kier molecular flexibility index (Phi) is 4.53. The second kappa shape index (κ2) is 5.75. The second-order valence-electron chi connectivity index (χ2n) is 5.04. The van der Waals surface area contributed by atoms with E-state index < -0.39 is 0 Å². The molecule has 1 aliphatic carbocycles. The molecule has 0 radical (unpaired) electrons. The van der Waals surface area contributed by atoms with Gasteiger partial charge in [0.15, 0.2) is 0 Å². The van der Waals surface area contributed by atoms with Crippen molar-refractivity contribution in [1.82, 2.24) is 0 Å². The van der Waals surface area contributed by atoms with E-state index >= 15 is 0 Å². The zero-order chi connectivity index (χ0) is 12.3. The third kappa shape index (κ3) is 3.25. The van der Waals surface area contributed by atoms with Gasteiger partial charge in [-0.25, -0.2) is 0 Å². The number of hydrogen-bond acceptors (Lipinski definition) is 1. The number of alkyl halides is 1. The van der Waals surface area contributed by atoms with Crippen molar-refractivity contribution in [2.24, 2.45) is 5.41 Å². The van der Waals surface area contributed by atoms with Crippen molar-refractivity contribution in [3.63, 3.8) is 0 Å². The molecule has 0 unspecified atom stereocenters. The van der Waals surface area contributed by atoms with Crippen LogP contribution in [0.5, 0.6) is 5.75 Å². The molecule has 0 N–H and O–H groups in total. The highest BCUT2D eigenvalue weighted by Gasteiger charge is 2.33. The molecular formula is C14H18Br2O. The van der Waals surface area contributed by atoms with Crippen molar-refractivity contribution in [2.45, 2.75) is 32.6 Å². The van der Waals surface area contributed by atoms with E-state index in [2.05, 4.69) is 57.0 Å². The van der Waals surface area contributed by atoms with Crippen LogP contribution in [-0.4, -0.2) is 11.9 Å². The number of hydrogen-bond donors (Lipinski definition) is 0. The van der Waals surface area contributed by atoms with Gasteiger partial charge in [-0.15, -0.1) is 0 Å². The fourth-order valence-electron chi connectivity index (χ4n) is 2.40. The molecule has 1 aromatic rings. The van der Waals surface area contributed by atoms with E-state index in [4.69, 9.17) is 4.74 Å². The van der Waals surface area contributed by atoms with Crippen LogP contribution in [0.25, 0.3) is 0 Å². The summed E-state index contributed by atoms with van der Waals surface area (Å²) < 4.78 is 7.12. The summed E-state index contributed by atoms with van der Waals surface area (Å²) in [6.45, 7) is 2.92. The van der Waals surface area contributed by atoms with Gasteiger partial charge >= 0.3 is 0 Å². The Hall–Kier alpha value is -0.0200. The maximum Gasteiger partial charge on any atom is 0.123 e. The average Bonchev–Trinajstić information content (AvgIpc) is 2.80. The van der Waals surface area contributed by atoms with E-state index in [1.165, 1.54) is 31.2 Å². The van der Waals surface area contributed by atoms with Crippen molar-refractivity contribution < 1.29 is 4.74 Å². The fraction of sp³-hybridized carbons (Fsp3) is 0.571. The second-order valence-corrected chi connectivity index (χ2v) is 6.52. The average molecular weight is 362 g/mol. The molecule has 0 atom stereocenters. The van der Waals surface area contributed by atoms with E-state index in [0.717, 1.165) is 22.2 Å². The van der Waals surface area contributed by atoms with Gasteiger partial charge in [-0.1, -0.05) is 50.8 Å². The number of aryl methyl sites for hydroxylation is 1. The Labute approximate surface area is 120 Å². The summed E-state index contributed by atoms with van der Waals surface area (Å²) in [5.74, 6) is 1.01. The zero-order valence-corrected chi connectivity index (χ0v) is 13.3. The van der Waals surface area contributed by atoms with Crippen molar-refractivity contribution in [2.75, 3.05) is 11.9 Å². The molecule has 0 saturated heterocycles. The first kappa shape index (κ1) is 13.4. The largest absolute Gasteiger partial charge is 0.493 e. The molecular weight excluding hydrogens is 344 g/mol. The summed E-state index contributed by atoms with van der Waals surface area (Å²) in [5.41, 5.74) is 1.56. The standard InChI is InChI=1S/C14H18Br2O/c1-11-4-5-12(16)8-13(11)17-10-14(9-15)6-2-3-7-14/h4-5,8H,2-3,6-7,9-10H2,1H3. The van der Waals surface area contributed by atoms with Crippen LogP contribution in [-0.2, 0) is 0 Å². The summed E-state index contributed by atoms with van der Waals surface area (Å²) in [6.07, 6.45) is 5.25. The smallest absolute Gasteiger partial charge is 0.123 e. The van der Waals surface area contributed by atoms with Gasteiger partial charge in [0, 0.05) is 15.2 Å². The molecule has 17 heavy (non-hydrogen) atoms. The molecule has 1 aliphatic rings. The maximum absolute atomic E-state index is 6.04. The monoisotopic (exact) mass is 360 g/mol. The molecule has 3 heteroatoms. The van der Waals surface area contributed by atoms with Gasteiger partial charge in [-0.3, -0.25) is 0 Å². The van der Waals surface area contributed by atoms with Crippen LogP contribution in [0.2, 0.25) is 0 Å². The van der Waals surface area contributed by atoms with Gasteiger partial charge in [0.05, 0.1) is 6.61 Å². The lowest BCUT2D eigenvalue weighted by molar-refractivity contribution is 0.173. The molecule has 1 aromatic carbocycles. The third-order valence-electron chi connectivity index (χ3n) is 3.63. The van der Waals surface area contributed by atoms with Crippen molar-refractivity contribution in [3.05, 3.63) is 28.2 Å². The SMILES string of the molecule is Cc1ccc(Br)cc1OCC1(CBr)CCCC1. The van der Waals surface area contributed by atoms with Crippen LogP contribution in [0.1, 0.15) is 31.2 Å². The minimum Gasteiger partial charge on any atom is -0.493 e. The van der Waals surface area contributed by atoms with Crippen LogP contribution in [0.3, 0.4) is 0 Å². The van der Waals surface area contributed by atoms with E-state index in [9.17, 15) is 0 Å². The first-order valence-corrected chi connectivity index (χ1v) is 8.02. The predicted octanol–water partition coefficient (Wildman–Crippen LogP) is 5.09. The van der Waals surface area contributed by atoms with Gasteiger partial charge in [-0.2, -0.15) is 0 Å². The first-order chi connectivity index (χ1) is 8.15. The highest BCUT2D eigenvalue weighted by atomic mass is 79.9. The van der Waals surface area contributed by atoms with Crippen LogP contribution in [0, 0.1) is 12.3 Å². The Morgan fingerprint density at radius 1 is 1.29 bits per heavy atom. The minimum atomic E-state index is 0.356. The fourth-order valence-corrected chi connectivity index (χ4v) is 3.46. The summed E-state index contributed by atoms with van der Waals surface area (Å²) >= 11 is 7.14. The third-order valence-corrected chi connectivity index (χ3v) is 5.31. The Morgan fingerprint density at radius 3 is 2.65 bits per heavy atom. The summed E-state index contributed by atoms with van der Waals surface area (Å²) in [5, 5.41) is 1.05. The molecule has 94 valence electrons. The van der Waals surface area contributed by atoms with Gasteiger partial charge in [0.1, 0.15) is 5.75 Å². The molecule has 0 amide bonds. The molecule has 1 nitrogen and oxygen atoms in total. The lowest BCUT2D eigenvalue weighted by Crippen LogP contribution is -2.27. The molecule has 0 bridgehead atoms. The predicted molar refractivity (Wildman–Crippen MR) is 79.1 cm³/mol. The van der Waals surface area contributed by atoms with E-state index in [1.807, 2.05) is 0 Å². The normalized spacial score (nSPS) is 18.3. The molecule has 0 spiro atoms. The maximum atomic E-state index is 6.04. The molecule has 2 rings (SSSR count). The summed E-state index contributed by atoms with van der Waals surface area (Å²) in [4.78, 5) is 0. The van der Waals surface area contributed by atoms with Crippen LogP contribution < -0.4 is 4.74 Å². The number of ether oxygens (including phenoxy) is 1. The van der Waals surface area contributed by atoms with Crippen LogP contribution in [0.4, 0.5) is 0 Å². The van der Waals surface area contributed by atoms with E-state index in [1.54, 1.807) is 0 Å². The summed E-state index contributed by atoms with van der Waals surface area (Å²) in [7, 11) is 0. The van der Waals surface area contributed by atoms with E-state index in [-0.39, 0.29) is 0 Å². The topological polar surface area (TPSA) is 9.23 Å². The highest BCUT2D eigenvalue weighted by Crippen LogP contribution is 2.40. The van der Waals surface area contributed by atoms with Gasteiger partial charge in [0.25, 0.3) is 0 Å². The number of rotatable bonds is 4. The molecule has 0 aromatic heterocycles. The highest BCUT2D eigenvalue weighted by molar-refractivity contribution is 9.10. The summed E-state index contributed by atoms with van der Waals surface area (Å²) in [6, 6.07) is 6.21. The quantitative estimate of drug-likeness (QED) is 0.678. The molecule has 1 fully saturated rings. The lowest BCUT2D eigenvalue weighted by atomic mass is 9.90. The Balaban J connectivity index is 2.03. The Morgan fingerprint density at radius 2 is 2.00 bits per heavy atom. The van der Waals surface area contributed by atoms with E-state index in [0.29, 0.717) is 5.41 Å². The molecule has 0 aliphatic heterocycles. The van der Waals surface area contributed by atoms with Crippen molar-refractivity contribution in [1.29, 1.82) is 0 Å². The van der Waals surface area contributed by atoms with Crippen LogP contribution in [0.15, 0.2) is 22.7 Å².